The largest absolute Gasteiger partial charge is 0.359 e. The topological polar surface area (TPSA) is 98.4 Å². The van der Waals surface area contributed by atoms with E-state index in [-0.39, 0.29) is 12.4 Å². The van der Waals surface area contributed by atoms with E-state index >= 15 is 0 Å². The minimum Gasteiger partial charge on any atom is -0.359 e. The molecule has 0 aromatic carbocycles. The molecule has 8 nitrogen and oxygen atoms in total. The van der Waals surface area contributed by atoms with Crippen LogP contribution in [0.4, 0.5) is 5.13 Å². The molecule has 1 saturated heterocycles. The highest BCUT2D eigenvalue weighted by Crippen LogP contribution is 2.39. The van der Waals surface area contributed by atoms with Gasteiger partial charge in [0.15, 0.2) is 14.8 Å². The first kappa shape index (κ1) is 22.3. The van der Waals surface area contributed by atoms with E-state index in [0.29, 0.717) is 12.1 Å². The van der Waals surface area contributed by atoms with Gasteiger partial charge in [-0.3, -0.25) is 10.1 Å². The molecule has 172 valence electrons. The molecular weight excluding hydrogens is 476 g/mol. The summed E-state index contributed by atoms with van der Waals surface area (Å²) in [6.45, 7) is 5.33. The van der Waals surface area contributed by atoms with Crippen molar-refractivity contribution in [1.82, 2.24) is 35.5 Å². The highest BCUT2D eigenvalue weighted by molar-refractivity contribution is 7.29. The van der Waals surface area contributed by atoms with Gasteiger partial charge in [-0.2, -0.15) is 5.10 Å². The molecule has 0 unspecified atom stereocenters. The van der Waals surface area contributed by atoms with E-state index in [1.54, 1.807) is 22.7 Å². The van der Waals surface area contributed by atoms with Crippen molar-refractivity contribution in [3.05, 3.63) is 30.4 Å². The molecule has 5 aromatic rings. The van der Waals surface area contributed by atoms with E-state index in [1.807, 2.05) is 25.5 Å². The fourth-order valence-electron chi connectivity index (χ4n) is 4.55. The average molecular weight is 501 g/mol. The van der Waals surface area contributed by atoms with E-state index in [0.717, 1.165) is 72.6 Å². The zero-order chi connectivity index (χ0) is 21.8. The van der Waals surface area contributed by atoms with Gasteiger partial charge < -0.3 is 15.2 Å². The molecule has 0 bridgehead atoms. The highest BCUT2D eigenvalue weighted by atomic mass is 35.5. The zero-order valence-electron chi connectivity index (χ0n) is 18.5. The Morgan fingerprint density at radius 2 is 1.97 bits per heavy atom. The molecule has 5 aromatic heterocycles. The van der Waals surface area contributed by atoms with E-state index in [9.17, 15) is 0 Å². The van der Waals surface area contributed by atoms with Gasteiger partial charge in [0.2, 0.25) is 0 Å². The van der Waals surface area contributed by atoms with Gasteiger partial charge in [-0.25, -0.2) is 9.97 Å². The van der Waals surface area contributed by atoms with Crippen LogP contribution in [-0.4, -0.2) is 55.8 Å². The summed E-state index contributed by atoms with van der Waals surface area (Å²) < 4.78 is 0. The zero-order valence-corrected chi connectivity index (χ0v) is 21.0. The Morgan fingerprint density at radius 3 is 2.73 bits per heavy atom. The van der Waals surface area contributed by atoms with Gasteiger partial charge in [-0.05, 0) is 39.3 Å². The third-order valence-electron chi connectivity index (χ3n) is 6.33. The predicted molar refractivity (Wildman–Crippen MR) is 139 cm³/mol. The number of hydrogen-bond acceptors (Lipinski definition) is 8. The summed E-state index contributed by atoms with van der Waals surface area (Å²) in [6.07, 6.45) is 8.01. The molecule has 1 fully saturated rings. The van der Waals surface area contributed by atoms with Crippen molar-refractivity contribution >= 4 is 60.8 Å². The minimum absolute atomic E-state index is 0. The Kier molecular flexibility index (Phi) is 5.86. The van der Waals surface area contributed by atoms with Crippen molar-refractivity contribution in [1.29, 1.82) is 0 Å². The molecule has 1 aliphatic rings. The maximum atomic E-state index is 4.93. The monoisotopic (exact) mass is 500 g/mol. The summed E-state index contributed by atoms with van der Waals surface area (Å²) in [5.74, 6) is 0. The van der Waals surface area contributed by atoms with Crippen molar-refractivity contribution in [3.8, 4) is 21.8 Å². The maximum absolute atomic E-state index is 4.93. The fourth-order valence-corrected chi connectivity index (χ4v) is 6.62. The molecule has 11 heteroatoms. The standard InChI is InChI=1S/C22H24N8S2.ClH/c1-11-8-13(4-6-23-11)30(3)22-28-21-20(32-22)27-19(31-21)18-17-14(5-7-24-17)16(9-25-18)15-10-26-29-12(15)2;/h5,7,9-11,13,23-24H,4,6,8H2,1-3H3,(H,26,29);1H/t11-,13+;/m1./s1. The summed E-state index contributed by atoms with van der Waals surface area (Å²) >= 11 is 3.28. The summed E-state index contributed by atoms with van der Waals surface area (Å²) in [4.78, 5) is 22.3. The molecule has 1 aliphatic heterocycles. The first-order valence-corrected chi connectivity index (χ1v) is 12.4. The third-order valence-corrected chi connectivity index (χ3v) is 8.45. The number of anilines is 1. The van der Waals surface area contributed by atoms with Gasteiger partial charge in [0, 0.05) is 53.7 Å². The number of thiazole rings is 2. The summed E-state index contributed by atoms with van der Waals surface area (Å²) in [7, 11) is 2.16. The van der Waals surface area contributed by atoms with Crippen molar-refractivity contribution in [2.45, 2.75) is 38.8 Å². The van der Waals surface area contributed by atoms with Crippen molar-refractivity contribution < 1.29 is 0 Å². The number of aromatic nitrogens is 6. The van der Waals surface area contributed by atoms with E-state index in [1.165, 1.54) is 0 Å². The van der Waals surface area contributed by atoms with Gasteiger partial charge in [0.05, 0.1) is 11.7 Å². The normalized spacial score (nSPS) is 18.6. The first-order valence-electron chi connectivity index (χ1n) is 10.8. The molecule has 0 saturated carbocycles. The second kappa shape index (κ2) is 8.68. The van der Waals surface area contributed by atoms with Crippen LogP contribution in [0.5, 0.6) is 0 Å². The number of nitrogens with one attached hydrogen (secondary N) is 3. The number of piperidine rings is 1. The van der Waals surface area contributed by atoms with Crippen LogP contribution < -0.4 is 10.2 Å². The number of rotatable bonds is 4. The Morgan fingerprint density at radius 1 is 1.12 bits per heavy atom. The van der Waals surface area contributed by atoms with Crippen LogP contribution in [0.2, 0.25) is 0 Å². The van der Waals surface area contributed by atoms with E-state index < -0.39 is 0 Å². The lowest BCUT2D eigenvalue weighted by Gasteiger charge is -2.34. The Balaban J connectivity index is 0.00000228. The molecule has 0 radical (unpaired) electrons. The second-order valence-corrected chi connectivity index (χ2v) is 10.4. The van der Waals surface area contributed by atoms with Crippen LogP contribution in [0.25, 0.3) is 42.4 Å². The van der Waals surface area contributed by atoms with Gasteiger partial charge >= 0.3 is 0 Å². The van der Waals surface area contributed by atoms with Crippen LogP contribution in [0.15, 0.2) is 24.7 Å². The number of fused-ring (bicyclic) bond motifs is 2. The third kappa shape index (κ3) is 3.80. The molecule has 3 N–H and O–H groups in total. The van der Waals surface area contributed by atoms with Gasteiger partial charge in [0.25, 0.3) is 0 Å². The molecule has 6 rings (SSSR count). The number of aromatic amines is 2. The SMILES string of the molecule is Cc1[nH]ncc1-c1cnc(-c2nc3sc(N(C)[C@H]4CCN[C@H](C)C4)nc3s2)c2[nH]ccc12.Cl. The number of nitrogens with zero attached hydrogens (tertiary/aromatic N) is 5. The Hall–Kier alpha value is -2.53. The Labute approximate surface area is 205 Å². The van der Waals surface area contributed by atoms with E-state index in [4.69, 9.17) is 15.0 Å². The lowest BCUT2D eigenvalue weighted by atomic mass is 10.00. The highest BCUT2D eigenvalue weighted by Gasteiger charge is 2.25. The second-order valence-electron chi connectivity index (χ2n) is 8.47. The summed E-state index contributed by atoms with van der Waals surface area (Å²) in [5, 5.41) is 13.8. The number of halogens is 1. The number of H-pyrrole nitrogens is 2. The van der Waals surface area contributed by atoms with Crippen LogP contribution in [0.1, 0.15) is 25.5 Å². The summed E-state index contributed by atoms with van der Waals surface area (Å²) in [6, 6.07) is 3.15. The van der Waals surface area contributed by atoms with Gasteiger partial charge in [-0.15, -0.1) is 12.4 Å². The first-order chi connectivity index (χ1) is 15.6. The minimum atomic E-state index is 0. The molecule has 6 heterocycles. The van der Waals surface area contributed by atoms with Crippen LogP contribution in [0.3, 0.4) is 0 Å². The van der Waals surface area contributed by atoms with Crippen molar-refractivity contribution in [2.24, 2.45) is 0 Å². The van der Waals surface area contributed by atoms with Crippen LogP contribution >= 0.6 is 35.1 Å². The number of aryl methyl sites for hydroxylation is 1. The number of hydrogen-bond donors (Lipinski definition) is 3. The molecular formula is C22H25ClN8S2. The van der Waals surface area contributed by atoms with Crippen LogP contribution in [-0.2, 0) is 0 Å². The predicted octanol–water partition coefficient (Wildman–Crippen LogP) is 4.99. The van der Waals surface area contributed by atoms with Crippen LogP contribution in [0, 0.1) is 6.92 Å². The van der Waals surface area contributed by atoms with Crippen molar-refractivity contribution in [2.75, 3.05) is 18.5 Å². The Bertz CT molecular complexity index is 1380. The molecule has 0 amide bonds. The van der Waals surface area contributed by atoms with Crippen molar-refractivity contribution in [3.63, 3.8) is 0 Å². The molecule has 33 heavy (non-hydrogen) atoms. The molecule has 0 aliphatic carbocycles. The fraction of sp³-hybridized carbons (Fsp3) is 0.364. The summed E-state index contributed by atoms with van der Waals surface area (Å²) in [5.41, 5.74) is 5.02. The van der Waals surface area contributed by atoms with E-state index in [2.05, 4.69) is 45.4 Å². The number of pyridine rings is 1. The quantitative estimate of drug-likeness (QED) is 0.321. The average Bonchev–Trinajstić information content (AvgIpc) is 3.56. The smallest absolute Gasteiger partial charge is 0.188 e. The lowest BCUT2D eigenvalue weighted by molar-refractivity contribution is 0.371. The molecule has 0 spiro atoms. The lowest BCUT2D eigenvalue weighted by Crippen LogP contribution is -2.45. The maximum Gasteiger partial charge on any atom is 0.188 e. The van der Waals surface area contributed by atoms with Gasteiger partial charge in [0.1, 0.15) is 10.7 Å². The van der Waals surface area contributed by atoms with Gasteiger partial charge in [-0.1, -0.05) is 22.7 Å². The molecule has 2 atom stereocenters.